The van der Waals surface area contributed by atoms with Crippen LogP contribution in [-0.2, 0) is 16.4 Å². The number of fused-ring (bicyclic) bond motifs is 1. The number of sulfonamides is 1. The summed E-state index contributed by atoms with van der Waals surface area (Å²) >= 11 is 0. The molecule has 1 aliphatic rings. The molecule has 0 bridgehead atoms. The largest absolute Gasteiger partial charge is 0.395 e. The fourth-order valence-corrected chi connectivity index (χ4v) is 4.94. The summed E-state index contributed by atoms with van der Waals surface area (Å²) in [6.45, 7) is 3.74. The minimum absolute atomic E-state index is 0.124. The maximum Gasteiger partial charge on any atom is 0.264 e. The summed E-state index contributed by atoms with van der Waals surface area (Å²) in [7, 11) is -1.80. The Morgan fingerprint density at radius 3 is 2.63 bits per heavy atom. The third kappa shape index (κ3) is 5.01. The van der Waals surface area contributed by atoms with Gasteiger partial charge in [-0.1, -0.05) is 29.5 Å². The molecule has 0 aliphatic carbocycles. The van der Waals surface area contributed by atoms with E-state index in [4.69, 9.17) is 5.11 Å². The topological polar surface area (TPSA) is 60.9 Å². The van der Waals surface area contributed by atoms with E-state index in [1.165, 1.54) is 10.4 Å². The van der Waals surface area contributed by atoms with Gasteiger partial charge in [-0.05, 0) is 63.2 Å². The van der Waals surface area contributed by atoms with Gasteiger partial charge in [0.15, 0.2) is 0 Å². The van der Waals surface area contributed by atoms with Crippen molar-refractivity contribution < 1.29 is 17.9 Å². The Balaban J connectivity index is 1.74. The van der Waals surface area contributed by atoms with Crippen LogP contribution < -0.4 is 4.31 Å². The van der Waals surface area contributed by atoms with E-state index in [9.17, 15) is 12.8 Å². The van der Waals surface area contributed by atoms with Crippen LogP contribution in [-0.4, -0.2) is 51.7 Å². The van der Waals surface area contributed by atoms with Gasteiger partial charge in [-0.25, -0.2) is 12.8 Å². The van der Waals surface area contributed by atoms with Crippen LogP contribution in [0.25, 0.3) is 0 Å². The first-order valence-electron chi connectivity index (χ1n) is 10.0. The molecular weight excluding hydrogens is 403 g/mol. The number of hydrogen-bond acceptors (Lipinski definition) is 4. The number of rotatable bonds is 7. The predicted molar refractivity (Wildman–Crippen MR) is 117 cm³/mol. The van der Waals surface area contributed by atoms with Crippen LogP contribution in [0.1, 0.15) is 29.5 Å². The Kier molecular flexibility index (Phi) is 7.14. The molecule has 160 valence electrons. The summed E-state index contributed by atoms with van der Waals surface area (Å²) in [6.07, 6.45) is 1.99. The van der Waals surface area contributed by atoms with E-state index in [1.807, 2.05) is 18.9 Å². The summed E-state index contributed by atoms with van der Waals surface area (Å²) in [5.41, 5.74) is 2.46. The predicted octanol–water partition coefficient (Wildman–Crippen LogP) is 2.94. The number of anilines is 1. The standard InChI is InChI=1S/C23H27FN2O3S/c1-18-7-9-21(10-8-18)30(28,29)26-13-11-20-16-19(22(24)17-23(20)26)6-4-3-5-12-25(2)14-15-27/h7-10,16-17,27H,3,5,11-15H2,1-2H3. The van der Waals surface area contributed by atoms with Gasteiger partial charge in [-0.15, -0.1) is 0 Å². The van der Waals surface area contributed by atoms with Crippen molar-refractivity contribution in [3.8, 4) is 11.8 Å². The van der Waals surface area contributed by atoms with Gasteiger partial charge < -0.3 is 10.0 Å². The molecule has 0 saturated carbocycles. The lowest BCUT2D eigenvalue weighted by atomic mass is 10.1. The van der Waals surface area contributed by atoms with Crippen LogP contribution in [0.3, 0.4) is 0 Å². The van der Waals surface area contributed by atoms with Gasteiger partial charge in [-0.3, -0.25) is 4.31 Å². The number of unbranched alkanes of at least 4 members (excludes halogenated alkanes) is 1. The molecule has 0 atom stereocenters. The number of likely N-dealkylation sites (N-methyl/N-ethyl adjacent to an activating group) is 1. The van der Waals surface area contributed by atoms with E-state index >= 15 is 0 Å². The zero-order valence-electron chi connectivity index (χ0n) is 17.4. The maximum atomic E-state index is 14.6. The summed E-state index contributed by atoms with van der Waals surface area (Å²) < 4.78 is 41.9. The third-order valence-electron chi connectivity index (χ3n) is 5.18. The molecule has 0 amide bonds. The van der Waals surface area contributed by atoms with Crippen molar-refractivity contribution in [2.75, 3.05) is 37.6 Å². The number of nitrogens with zero attached hydrogens (tertiary/aromatic N) is 2. The fraction of sp³-hybridized carbons (Fsp3) is 0.391. The van der Waals surface area contributed by atoms with Crippen molar-refractivity contribution in [1.82, 2.24) is 4.90 Å². The molecule has 0 radical (unpaired) electrons. The second-order valence-electron chi connectivity index (χ2n) is 7.53. The smallest absolute Gasteiger partial charge is 0.264 e. The van der Waals surface area contributed by atoms with Gasteiger partial charge in [0.05, 0.1) is 22.8 Å². The highest BCUT2D eigenvalue weighted by molar-refractivity contribution is 7.92. The van der Waals surface area contributed by atoms with Crippen LogP contribution in [0, 0.1) is 24.6 Å². The summed E-state index contributed by atoms with van der Waals surface area (Å²) in [6, 6.07) is 9.62. The molecule has 0 saturated heterocycles. The van der Waals surface area contributed by atoms with E-state index in [0.717, 1.165) is 24.1 Å². The van der Waals surface area contributed by atoms with Gasteiger partial charge in [-0.2, -0.15) is 0 Å². The maximum absolute atomic E-state index is 14.6. The lowest BCUT2D eigenvalue weighted by Gasteiger charge is -2.20. The molecular formula is C23H27FN2O3S. The number of halogens is 1. The van der Waals surface area contributed by atoms with E-state index in [0.29, 0.717) is 37.2 Å². The summed E-state index contributed by atoms with van der Waals surface area (Å²) in [5.74, 6) is 5.36. The van der Waals surface area contributed by atoms with Crippen LogP contribution in [0.5, 0.6) is 0 Å². The average Bonchev–Trinajstić information content (AvgIpc) is 3.11. The molecule has 5 nitrogen and oxygen atoms in total. The van der Waals surface area contributed by atoms with Crippen molar-refractivity contribution in [3.05, 3.63) is 58.9 Å². The van der Waals surface area contributed by atoms with E-state index < -0.39 is 15.8 Å². The van der Waals surface area contributed by atoms with E-state index in [1.54, 1.807) is 30.3 Å². The minimum Gasteiger partial charge on any atom is -0.395 e. The number of benzene rings is 2. The number of hydrogen-bond donors (Lipinski definition) is 1. The second kappa shape index (κ2) is 9.61. The normalized spacial score (nSPS) is 13.3. The molecule has 7 heteroatoms. The van der Waals surface area contributed by atoms with Gasteiger partial charge in [0.25, 0.3) is 10.0 Å². The van der Waals surface area contributed by atoms with Gasteiger partial charge in [0, 0.05) is 19.5 Å². The SMILES string of the molecule is Cc1ccc(S(=O)(=O)N2CCc3cc(C#CCCCN(C)CCO)c(F)cc32)cc1. The quantitative estimate of drug-likeness (QED) is 0.542. The molecule has 1 N–H and O–H groups in total. The first-order valence-corrected chi connectivity index (χ1v) is 11.5. The molecule has 3 rings (SSSR count). The van der Waals surface area contributed by atoms with Crippen molar-refractivity contribution >= 4 is 15.7 Å². The molecule has 30 heavy (non-hydrogen) atoms. The molecule has 0 aromatic heterocycles. The van der Waals surface area contributed by atoms with Gasteiger partial charge in [0.2, 0.25) is 0 Å². The molecule has 0 fully saturated rings. The van der Waals surface area contributed by atoms with Crippen molar-refractivity contribution in [3.63, 3.8) is 0 Å². The Labute approximate surface area is 178 Å². The van der Waals surface area contributed by atoms with Crippen LogP contribution in [0.2, 0.25) is 0 Å². The first kappa shape index (κ1) is 22.3. The van der Waals surface area contributed by atoms with E-state index in [-0.39, 0.29) is 11.5 Å². The highest BCUT2D eigenvalue weighted by Gasteiger charge is 2.31. The zero-order chi connectivity index (χ0) is 21.7. The monoisotopic (exact) mass is 430 g/mol. The Hall–Kier alpha value is -2.40. The number of aliphatic hydroxyl groups excluding tert-OH is 1. The average molecular weight is 431 g/mol. The molecule has 1 aliphatic heterocycles. The van der Waals surface area contributed by atoms with Crippen LogP contribution in [0.4, 0.5) is 10.1 Å². The Bertz CT molecular complexity index is 1060. The molecule has 2 aromatic rings. The lowest BCUT2D eigenvalue weighted by Crippen LogP contribution is -2.29. The molecule has 0 unspecified atom stereocenters. The molecule has 2 aromatic carbocycles. The zero-order valence-corrected chi connectivity index (χ0v) is 18.2. The highest BCUT2D eigenvalue weighted by atomic mass is 32.2. The van der Waals surface area contributed by atoms with Crippen molar-refractivity contribution in [2.45, 2.75) is 31.1 Å². The first-order chi connectivity index (χ1) is 14.3. The summed E-state index contributed by atoms with van der Waals surface area (Å²) in [4.78, 5) is 2.22. The minimum atomic E-state index is -3.73. The van der Waals surface area contributed by atoms with Crippen molar-refractivity contribution in [1.29, 1.82) is 0 Å². The summed E-state index contributed by atoms with van der Waals surface area (Å²) in [5, 5.41) is 8.89. The van der Waals surface area contributed by atoms with Crippen LogP contribution >= 0.6 is 0 Å². The Morgan fingerprint density at radius 1 is 1.20 bits per heavy atom. The van der Waals surface area contributed by atoms with E-state index in [2.05, 4.69) is 11.8 Å². The van der Waals surface area contributed by atoms with Crippen molar-refractivity contribution in [2.24, 2.45) is 0 Å². The molecule has 0 spiro atoms. The van der Waals surface area contributed by atoms with Gasteiger partial charge >= 0.3 is 0 Å². The second-order valence-corrected chi connectivity index (χ2v) is 9.40. The number of aliphatic hydroxyl groups is 1. The molecule has 1 heterocycles. The Morgan fingerprint density at radius 2 is 1.93 bits per heavy atom. The van der Waals surface area contributed by atoms with Gasteiger partial charge in [0.1, 0.15) is 5.82 Å². The third-order valence-corrected chi connectivity index (χ3v) is 7.00. The highest BCUT2D eigenvalue weighted by Crippen LogP contribution is 2.34. The fourth-order valence-electron chi connectivity index (χ4n) is 3.44. The number of aryl methyl sites for hydroxylation is 1. The lowest BCUT2D eigenvalue weighted by molar-refractivity contribution is 0.221. The van der Waals surface area contributed by atoms with Crippen LogP contribution in [0.15, 0.2) is 41.3 Å².